The number of carbonyl (C=O) groups is 2. The van der Waals surface area contributed by atoms with E-state index in [2.05, 4.69) is 28.5 Å². The van der Waals surface area contributed by atoms with Gasteiger partial charge in [0.25, 0.3) is 5.91 Å². The minimum absolute atomic E-state index is 0.0268. The lowest BCUT2D eigenvalue weighted by Crippen LogP contribution is -2.25. The van der Waals surface area contributed by atoms with Crippen LogP contribution in [0.2, 0.25) is 0 Å². The first-order valence-electron chi connectivity index (χ1n) is 10.8. The summed E-state index contributed by atoms with van der Waals surface area (Å²) in [5.74, 6) is 0.0851. The molecule has 172 valence electrons. The summed E-state index contributed by atoms with van der Waals surface area (Å²) in [6, 6.07) is 21.2. The number of amides is 2. The van der Waals surface area contributed by atoms with Crippen molar-refractivity contribution in [1.29, 1.82) is 0 Å². The van der Waals surface area contributed by atoms with Gasteiger partial charge < -0.3 is 10.1 Å². The largest absolute Gasteiger partial charge is 0.497 e. The number of thiophene rings is 1. The maximum Gasteiger partial charge on any atom is 0.262 e. The highest BCUT2D eigenvalue weighted by Crippen LogP contribution is 2.39. The molecule has 2 aromatic carbocycles. The number of aliphatic imine (C=N–C) groups is 1. The molecular weight excluding hydrogens is 468 g/mol. The molecule has 3 heterocycles. The van der Waals surface area contributed by atoms with Crippen LogP contribution < -0.4 is 10.1 Å². The van der Waals surface area contributed by atoms with Gasteiger partial charge in [0.05, 0.1) is 23.7 Å². The second-order valence-electron chi connectivity index (χ2n) is 7.82. The molecule has 2 unspecified atom stereocenters. The van der Waals surface area contributed by atoms with Crippen LogP contribution in [0, 0.1) is 0 Å². The molecule has 9 heteroatoms. The Morgan fingerprint density at radius 2 is 2.00 bits per heavy atom. The number of nitrogens with one attached hydrogen (secondary N) is 1. The molecule has 0 radical (unpaired) electrons. The summed E-state index contributed by atoms with van der Waals surface area (Å²) in [7, 11) is 1.57. The van der Waals surface area contributed by atoms with Crippen LogP contribution in [-0.4, -0.2) is 40.1 Å². The number of ether oxygens (including phenoxy) is 1. The lowest BCUT2D eigenvalue weighted by molar-refractivity contribution is -0.121. The van der Waals surface area contributed by atoms with E-state index in [0.29, 0.717) is 16.6 Å². The first kappa shape index (κ1) is 22.4. The second kappa shape index (κ2) is 9.82. The van der Waals surface area contributed by atoms with Gasteiger partial charge >= 0.3 is 0 Å². The van der Waals surface area contributed by atoms with Crippen LogP contribution in [-0.2, 0) is 9.59 Å². The minimum Gasteiger partial charge on any atom is -0.497 e. The van der Waals surface area contributed by atoms with Crippen LogP contribution in [0.4, 0.5) is 5.69 Å². The van der Waals surface area contributed by atoms with Gasteiger partial charge in [-0.3, -0.25) is 9.59 Å². The van der Waals surface area contributed by atoms with Gasteiger partial charge in [-0.05, 0) is 29.1 Å². The van der Waals surface area contributed by atoms with Crippen molar-refractivity contribution in [1.82, 2.24) is 5.01 Å². The number of hydrogen-bond donors (Lipinski definition) is 1. The predicted molar refractivity (Wildman–Crippen MR) is 137 cm³/mol. The van der Waals surface area contributed by atoms with Crippen molar-refractivity contribution in [3.63, 3.8) is 0 Å². The zero-order chi connectivity index (χ0) is 23.5. The lowest BCUT2D eigenvalue weighted by Gasteiger charge is -2.23. The Morgan fingerprint density at radius 3 is 2.76 bits per heavy atom. The Kier molecular flexibility index (Phi) is 6.46. The van der Waals surface area contributed by atoms with Gasteiger partial charge in [0.15, 0.2) is 5.17 Å². The second-order valence-corrected chi connectivity index (χ2v) is 9.94. The van der Waals surface area contributed by atoms with Gasteiger partial charge in [-0.15, -0.1) is 11.3 Å². The molecule has 0 saturated heterocycles. The zero-order valence-electron chi connectivity index (χ0n) is 18.4. The molecule has 0 aliphatic carbocycles. The smallest absolute Gasteiger partial charge is 0.262 e. The van der Waals surface area contributed by atoms with Crippen LogP contribution >= 0.6 is 23.1 Å². The molecular formula is C25H22N4O3S2. The third-order valence-electron chi connectivity index (χ3n) is 5.55. The minimum atomic E-state index is -0.585. The SMILES string of the molecule is COc1cccc(NC(=O)CC2SC(N3N=C(c4cccs4)CC3c3ccccc3)=NC2=O)c1. The van der Waals surface area contributed by atoms with Crippen molar-refractivity contribution in [3.05, 3.63) is 82.6 Å². The van der Waals surface area contributed by atoms with Crippen molar-refractivity contribution in [2.45, 2.75) is 24.1 Å². The van der Waals surface area contributed by atoms with Gasteiger partial charge in [-0.1, -0.05) is 54.2 Å². The number of benzene rings is 2. The molecule has 1 N–H and O–H groups in total. The summed E-state index contributed by atoms with van der Waals surface area (Å²) >= 11 is 2.94. The van der Waals surface area contributed by atoms with Gasteiger partial charge in [0, 0.05) is 24.6 Å². The fourth-order valence-corrected chi connectivity index (χ4v) is 5.68. The number of anilines is 1. The number of thioether (sulfide) groups is 1. The van der Waals surface area contributed by atoms with E-state index in [-0.39, 0.29) is 24.3 Å². The number of amidine groups is 1. The van der Waals surface area contributed by atoms with Crippen LogP contribution in [0.15, 0.2) is 82.2 Å². The molecule has 7 nitrogen and oxygen atoms in total. The van der Waals surface area contributed by atoms with Gasteiger partial charge in [-0.25, -0.2) is 5.01 Å². The quantitative estimate of drug-likeness (QED) is 0.530. The van der Waals surface area contributed by atoms with Crippen molar-refractivity contribution < 1.29 is 14.3 Å². The number of hydrogen-bond acceptors (Lipinski definition) is 7. The lowest BCUT2D eigenvalue weighted by atomic mass is 10.0. The third-order valence-corrected chi connectivity index (χ3v) is 7.61. The summed E-state index contributed by atoms with van der Waals surface area (Å²) < 4.78 is 5.19. The first-order chi connectivity index (χ1) is 16.6. The summed E-state index contributed by atoms with van der Waals surface area (Å²) in [5.41, 5.74) is 2.70. The Balaban J connectivity index is 1.31. The van der Waals surface area contributed by atoms with E-state index < -0.39 is 5.25 Å². The normalized spacial score (nSPS) is 19.7. The molecule has 5 rings (SSSR count). The van der Waals surface area contributed by atoms with Gasteiger partial charge in [0.1, 0.15) is 11.0 Å². The van der Waals surface area contributed by atoms with Gasteiger partial charge in [0.2, 0.25) is 5.91 Å². The first-order valence-corrected chi connectivity index (χ1v) is 12.6. The van der Waals surface area contributed by atoms with E-state index in [0.717, 1.165) is 22.6 Å². The molecule has 2 aliphatic rings. The molecule has 34 heavy (non-hydrogen) atoms. The molecule has 0 bridgehead atoms. The topological polar surface area (TPSA) is 83.4 Å². The summed E-state index contributed by atoms with van der Waals surface area (Å²) in [5, 5.41) is 11.5. The zero-order valence-corrected chi connectivity index (χ0v) is 20.0. The average molecular weight is 491 g/mol. The fraction of sp³-hybridized carbons (Fsp3) is 0.200. The van der Waals surface area contributed by atoms with Crippen LogP contribution in [0.5, 0.6) is 5.75 Å². The number of carbonyl (C=O) groups excluding carboxylic acids is 2. The maximum atomic E-state index is 12.7. The van der Waals surface area contributed by atoms with Crippen molar-refractivity contribution in [2.24, 2.45) is 10.1 Å². The van der Waals surface area contributed by atoms with E-state index in [1.807, 2.05) is 34.7 Å². The average Bonchev–Trinajstić information content (AvgIpc) is 3.60. The molecule has 0 spiro atoms. The Morgan fingerprint density at radius 1 is 1.15 bits per heavy atom. The maximum absolute atomic E-state index is 12.7. The number of hydrazone groups is 1. The van der Waals surface area contributed by atoms with Crippen molar-refractivity contribution in [3.8, 4) is 5.75 Å². The summed E-state index contributed by atoms with van der Waals surface area (Å²) in [4.78, 5) is 30.7. The monoisotopic (exact) mass is 490 g/mol. The van der Waals surface area contributed by atoms with Crippen LogP contribution in [0.1, 0.15) is 29.3 Å². The number of rotatable bonds is 6. The summed E-state index contributed by atoms with van der Waals surface area (Å²) in [6.45, 7) is 0. The standard InChI is InChI=1S/C25H22N4O3S2/c1-32-18-10-5-9-17(13-18)26-23(30)15-22-24(31)27-25(34-22)29-20(16-7-3-2-4-8-16)14-19(28-29)21-11-6-12-33-21/h2-13,20,22H,14-15H2,1H3,(H,26,30). The molecule has 2 aliphatic heterocycles. The molecule has 1 aromatic heterocycles. The summed E-state index contributed by atoms with van der Waals surface area (Å²) in [6.07, 6.45) is 0.748. The predicted octanol–water partition coefficient (Wildman–Crippen LogP) is 4.93. The Bertz CT molecular complexity index is 1260. The highest BCUT2D eigenvalue weighted by atomic mass is 32.2. The highest BCUT2D eigenvalue weighted by molar-refractivity contribution is 8.15. The molecule has 2 atom stereocenters. The van der Waals surface area contributed by atoms with Crippen molar-refractivity contribution >= 4 is 51.5 Å². The Labute approximate surface area is 205 Å². The third kappa shape index (κ3) is 4.76. The molecule has 3 aromatic rings. The van der Waals surface area contributed by atoms with E-state index >= 15 is 0 Å². The van der Waals surface area contributed by atoms with Gasteiger partial charge in [-0.2, -0.15) is 10.1 Å². The van der Waals surface area contributed by atoms with Crippen LogP contribution in [0.25, 0.3) is 0 Å². The van der Waals surface area contributed by atoms with E-state index in [4.69, 9.17) is 9.84 Å². The fourth-order valence-electron chi connectivity index (χ4n) is 3.90. The Hall–Kier alpha value is -3.43. The molecule has 2 amide bonds. The molecule has 0 fully saturated rings. The number of nitrogens with zero attached hydrogens (tertiary/aromatic N) is 3. The van der Waals surface area contributed by atoms with E-state index in [1.165, 1.54) is 11.8 Å². The van der Waals surface area contributed by atoms with Crippen LogP contribution in [0.3, 0.4) is 0 Å². The number of methoxy groups -OCH3 is 1. The molecule has 0 saturated carbocycles. The van der Waals surface area contributed by atoms with E-state index in [1.54, 1.807) is 42.7 Å². The van der Waals surface area contributed by atoms with Crippen molar-refractivity contribution in [2.75, 3.05) is 12.4 Å². The van der Waals surface area contributed by atoms with E-state index in [9.17, 15) is 9.59 Å². The highest BCUT2D eigenvalue weighted by Gasteiger charge is 2.39.